The fourth-order valence-corrected chi connectivity index (χ4v) is 2.64. The zero-order chi connectivity index (χ0) is 15.3. The Labute approximate surface area is 128 Å². The highest BCUT2D eigenvalue weighted by Gasteiger charge is 2.21. The molecule has 2 aromatic rings. The number of aliphatic hydroxyl groups is 1. The summed E-state index contributed by atoms with van der Waals surface area (Å²) in [5.41, 5.74) is 1.73. The van der Waals surface area contributed by atoms with Crippen LogP contribution >= 0.6 is 11.3 Å². The summed E-state index contributed by atoms with van der Waals surface area (Å²) in [7, 11) is 1.51. The van der Waals surface area contributed by atoms with E-state index in [9.17, 15) is 9.90 Å². The molecule has 0 spiro atoms. The average Bonchev–Trinajstić information content (AvgIpc) is 2.99. The van der Waals surface area contributed by atoms with Crippen LogP contribution in [0.5, 0.6) is 0 Å². The van der Waals surface area contributed by atoms with Gasteiger partial charge in [-0.05, 0) is 47.0 Å². The van der Waals surface area contributed by atoms with Crippen LogP contribution in [-0.2, 0) is 4.74 Å². The number of amides is 1. The predicted molar refractivity (Wildman–Crippen MR) is 84.6 cm³/mol. The van der Waals surface area contributed by atoms with Gasteiger partial charge in [0.25, 0.3) is 5.91 Å². The minimum atomic E-state index is -1.07. The van der Waals surface area contributed by atoms with Crippen molar-refractivity contribution in [1.82, 2.24) is 5.32 Å². The lowest BCUT2D eigenvalue weighted by Crippen LogP contribution is -2.43. The van der Waals surface area contributed by atoms with Gasteiger partial charge in [0.05, 0.1) is 6.61 Å². The van der Waals surface area contributed by atoms with Gasteiger partial charge in [0, 0.05) is 19.2 Å². The number of nitrogens with one attached hydrogen (secondary N) is 1. The Morgan fingerprint density at radius 2 is 2.00 bits per heavy atom. The Hall–Kier alpha value is -1.69. The predicted octanol–water partition coefficient (Wildman–Crippen LogP) is 2.54. The van der Waals surface area contributed by atoms with Crippen LogP contribution in [0.4, 0.5) is 0 Å². The van der Waals surface area contributed by atoms with Gasteiger partial charge >= 0.3 is 0 Å². The number of carbonyl (C=O) groups is 1. The smallest absolute Gasteiger partial charge is 0.251 e. The van der Waals surface area contributed by atoms with Crippen molar-refractivity contribution in [2.75, 3.05) is 20.3 Å². The first-order valence-electron chi connectivity index (χ1n) is 6.64. The van der Waals surface area contributed by atoms with E-state index in [-0.39, 0.29) is 19.1 Å². The van der Waals surface area contributed by atoms with Crippen LogP contribution in [0.25, 0.3) is 11.1 Å². The Morgan fingerprint density at radius 1 is 1.29 bits per heavy atom. The van der Waals surface area contributed by atoms with Gasteiger partial charge in [-0.25, -0.2) is 0 Å². The first-order valence-corrected chi connectivity index (χ1v) is 7.58. The third kappa shape index (κ3) is 4.39. The second kappa shape index (κ2) is 6.85. The largest absolute Gasteiger partial charge is 0.386 e. The molecule has 4 nitrogen and oxygen atoms in total. The molecule has 0 aliphatic rings. The van der Waals surface area contributed by atoms with Gasteiger partial charge in [-0.3, -0.25) is 4.79 Å². The number of carbonyl (C=O) groups excluding carboxylic acids is 1. The summed E-state index contributed by atoms with van der Waals surface area (Å²) >= 11 is 1.64. The summed E-state index contributed by atoms with van der Waals surface area (Å²) < 4.78 is 4.90. The molecule has 1 heterocycles. The van der Waals surface area contributed by atoms with E-state index < -0.39 is 5.60 Å². The van der Waals surface area contributed by atoms with Gasteiger partial charge in [-0.2, -0.15) is 11.3 Å². The van der Waals surface area contributed by atoms with Crippen molar-refractivity contribution < 1.29 is 14.6 Å². The van der Waals surface area contributed by atoms with Crippen molar-refractivity contribution in [1.29, 1.82) is 0 Å². The van der Waals surface area contributed by atoms with Crippen LogP contribution < -0.4 is 5.32 Å². The van der Waals surface area contributed by atoms with Crippen LogP contribution in [0.3, 0.4) is 0 Å². The lowest BCUT2D eigenvalue weighted by atomic mass is 10.1. The number of methoxy groups -OCH3 is 1. The van der Waals surface area contributed by atoms with Crippen molar-refractivity contribution in [2.45, 2.75) is 12.5 Å². The van der Waals surface area contributed by atoms with Gasteiger partial charge in [-0.1, -0.05) is 12.1 Å². The van der Waals surface area contributed by atoms with Crippen molar-refractivity contribution in [3.8, 4) is 11.1 Å². The zero-order valence-electron chi connectivity index (χ0n) is 12.1. The molecule has 1 unspecified atom stereocenters. The highest BCUT2D eigenvalue weighted by Crippen LogP contribution is 2.22. The Balaban J connectivity index is 1.97. The third-order valence-corrected chi connectivity index (χ3v) is 3.77. The Bertz CT molecular complexity index is 576. The van der Waals surface area contributed by atoms with Crippen LogP contribution in [-0.4, -0.2) is 36.9 Å². The Kier molecular flexibility index (Phi) is 5.12. The molecular weight excluding hydrogens is 286 g/mol. The van der Waals surface area contributed by atoms with Crippen LogP contribution in [0.1, 0.15) is 17.3 Å². The number of benzene rings is 1. The normalized spacial score (nSPS) is 13.7. The summed E-state index contributed by atoms with van der Waals surface area (Å²) in [6.07, 6.45) is 0. The monoisotopic (exact) mass is 305 g/mol. The number of thiophene rings is 1. The lowest BCUT2D eigenvalue weighted by molar-refractivity contribution is -0.0147. The molecule has 0 aliphatic carbocycles. The van der Waals surface area contributed by atoms with Gasteiger partial charge in [-0.15, -0.1) is 0 Å². The fraction of sp³-hybridized carbons (Fsp3) is 0.312. The van der Waals surface area contributed by atoms with E-state index in [0.29, 0.717) is 5.56 Å². The van der Waals surface area contributed by atoms with Crippen LogP contribution in [0, 0.1) is 0 Å². The summed E-state index contributed by atoms with van der Waals surface area (Å²) in [5, 5.41) is 16.7. The van der Waals surface area contributed by atoms with Gasteiger partial charge < -0.3 is 15.2 Å². The molecular formula is C16H19NO3S. The topological polar surface area (TPSA) is 58.6 Å². The maximum Gasteiger partial charge on any atom is 0.251 e. The van der Waals surface area contributed by atoms with Gasteiger partial charge in [0.2, 0.25) is 0 Å². The lowest BCUT2D eigenvalue weighted by Gasteiger charge is -2.22. The molecule has 0 bridgehead atoms. The molecule has 0 saturated carbocycles. The minimum Gasteiger partial charge on any atom is -0.386 e. The number of hydrogen-bond donors (Lipinski definition) is 2. The van der Waals surface area contributed by atoms with Crippen molar-refractivity contribution in [3.63, 3.8) is 0 Å². The van der Waals surface area contributed by atoms with E-state index >= 15 is 0 Å². The standard InChI is InChI=1S/C16H19NO3S/c1-16(19,11-20-2)10-17-15(18)13-5-3-12(4-6-13)14-7-8-21-9-14/h3-9,19H,10-11H2,1-2H3,(H,17,18). The number of hydrogen-bond acceptors (Lipinski definition) is 4. The van der Waals surface area contributed by atoms with Gasteiger partial charge in [0.1, 0.15) is 5.60 Å². The van der Waals surface area contributed by atoms with Gasteiger partial charge in [0.15, 0.2) is 0 Å². The molecule has 2 N–H and O–H groups in total. The van der Waals surface area contributed by atoms with Crippen molar-refractivity contribution in [3.05, 3.63) is 46.7 Å². The van der Waals surface area contributed by atoms with E-state index in [4.69, 9.17) is 4.74 Å². The summed E-state index contributed by atoms with van der Waals surface area (Å²) in [6.45, 7) is 1.94. The Morgan fingerprint density at radius 3 is 2.57 bits per heavy atom. The van der Waals surface area contributed by atoms with Crippen LogP contribution in [0.2, 0.25) is 0 Å². The molecule has 21 heavy (non-hydrogen) atoms. The van der Waals surface area contributed by atoms with Crippen LogP contribution in [0.15, 0.2) is 41.1 Å². The number of ether oxygens (including phenoxy) is 1. The van der Waals surface area contributed by atoms with E-state index in [1.165, 1.54) is 7.11 Å². The van der Waals surface area contributed by atoms with E-state index in [1.54, 1.807) is 30.4 Å². The molecule has 0 fully saturated rings. The summed E-state index contributed by atoms with van der Waals surface area (Å²) in [6, 6.07) is 9.46. The second-order valence-corrected chi connectivity index (χ2v) is 5.98. The fourth-order valence-electron chi connectivity index (χ4n) is 1.98. The third-order valence-electron chi connectivity index (χ3n) is 3.09. The maximum atomic E-state index is 12.0. The SMILES string of the molecule is COCC(C)(O)CNC(=O)c1ccc(-c2ccsc2)cc1. The van der Waals surface area contributed by atoms with Crippen molar-refractivity contribution in [2.24, 2.45) is 0 Å². The summed E-state index contributed by atoms with van der Waals surface area (Å²) in [4.78, 5) is 12.0. The average molecular weight is 305 g/mol. The summed E-state index contributed by atoms with van der Waals surface area (Å²) in [5.74, 6) is -0.205. The molecule has 0 radical (unpaired) electrons. The quantitative estimate of drug-likeness (QED) is 0.862. The molecule has 2 rings (SSSR count). The molecule has 0 saturated heterocycles. The first-order chi connectivity index (χ1) is 10.0. The molecule has 1 aromatic carbocycles. The maximum absolute atomic E-state index is 12.0. The molecule has 112 valence electrons. The second-order valence-electron chi connectivity index (χ2n) is 5.20. The zero-order valence-corrected chi connectivity index (χ0v) is 12.9. The highest BCUT2D eigenvalue weighted by molar-refractivity contribution is 7.08. The van der Waals surface area contributed by atoms with E-state index in [0.717, 1.165) is 11.1 Å². The molecule has 1 amide bonds. The molecule has 0 aliphatic heterocycles. The minimum absolute atomic E-state index is 0.145. The molecule has 5 heteroatoms. The van der Waals surface area contributed by atoms with E-state index in [1.807, 2.05) is 23.6 Å². The van der Waals surface area contributed by atoms with E-state index in [2.05, 4.69) is 10.7 Å². The molecule has 1 atom stereocenters. The number of rotatable bonds is 6. The molecule has 1 aromatic heterocycles. The van der Waals surface area contributed by atoms with Crippen molar-refractivity contribution >= 4 is 17.2 Å². The first kappa shape index (κ1) is 15.7. The highest BCUT2D eigenvalue weighted by atomic mass is 32.1.